The zero-order chi connectivity index (χ0) is 22.0. The number of Topliss-reactive ketones (excluding diaryl/α,β-unsaturated/α-hetero) is 1. The van der Waals surface area contributed by atoms with Crippen LogP contribution < -0.4 is 9.47 Å². The third-order valence-electron chi connectivity index (χ3n) is 5.74. The molecule has 0 bridgehead atoms. The number of pyridine rings is 1. The number of aromatic nitrogens is 1. The van der Waals surface area contributed by atoms with E-state index in [0.717, 1.165) is 13.1 Å². The number of likely N-dealkylation sites (N-methyl/N-ethyl adjacent to an activating group) is 1. The number of aliphatic hydroxyl groups excluding tert-OH is 1. The molecule has 162 valence electrons. The lowest BCUT2D eigenvalue weighted by Crippen LogP contribution is -2.38. The average Bonchev–Trinajstić information content (AvgIpc) is 3.37. The number of ether oxygens (including phenoxy) is 2. The average molecular weight is 423 g/mol. The van der Waals surface area contributed by atoms with Crippen molar-refractivity contribution in [3.8, 4) is 11.5 Å². The van der Waals surface area contributed by atoms with Crippen LogP contribution in [0.25, 0.3) is 5.76 Å². The fourth-order valence-corrected chi connectivity index (χ4v) is 3.98. The van der Waals surface area contributed by atoms with E-state index in [1.807, 2.05) is 0 Å². The topological polar surface area (TPSA) is 92.2 Å². The van der Waals surface area contributed by atoms with E-state index in [2.05, 4.69) is 23.7 Å². The molecule has 0 unspecified atom stereocenters. The van der Waals surface area contributed by atoms with Crippen molar-refractivity contribution in [1.82, 2.24) is 14.8 Å². The molecule has 0 spiro atoms. The number of rotatable bonds is 7. The van der Waals surface area contributed by atoms with Crippen molar-refractivity contribution in [1.29, 1.82) is 0 Å². The molecule has 31 heavy (non-hydrogen) atoms. The molecule has 1 saturated heterocycles. The van der Waals surface area contributed by atoms with Gasteiger partial charge in [0.25, 0.3) is 11.7 Å². The van der Waals surface area contributed by atoms with Gasteiger partial charge in [-0.05, 0) is 42.9 Å². The molecule has 8 heteroatoms. The molecule has 1 fully saturated rings. The number of fused-ring (bicyclic) bond motifs is 1. The largest absolute Gasteiger partial charge is 0.507 e. The first-order valence-corrected chi connectivity index (χ1v) is 10.4. The fraction of sp³-hybridized carbons (Fsp3) is 0.348. The highest BCUT2D eigenvalue weighted by molar-refractivity contribution is 6.46. The molecule has 2 aromatic rings. The zero-order valence-corrected chi connectivity index (χ0v) is 17.6. The van der Waals surface area contributed by atoms with Crippen LogP contribution in [-0.4, -0.2) is 64.6 Å². The molecule has 1 aromatic carbocycles. The van der Waals surface area contributed by atoms with Crippen LogP contribution in [-0.2, 0) is 9.59 Å². The number of hydrogen-bond acceptors (Lipinski definition) is 7. The van der Waals surface area contributed by atoms with Gasteiger partial charge in [-0.2, -0.15) is 0 Å². The Labute approximate surface area is 180 Å². The van der Waals surface area contributed by atoms with Crippen LogP contribution in [0.4, 0.5) is 0 Å². The van der Waals surface area contributed by atoms with E-state index >= 15 is 0 Å². The molecular formula is C23H25N3O5. The van der Waals surface area contributed by atoms with E-state index in [9.17, 15) is 14.7 Å². The van der Waals surface area contributed by atoms with Crippen LogP contribution in [0.1, 0.15) is 31.0 Å². The second-order valence-electron chi connectivity index (χ2n) is 7.37. The number of hydrogen-bond donors (Lipinski definition) is 1. The molecule has 2 aliphatic heterocycles. The predicted octanol–water partition coefficient (Wildman–Crippen LogP) is 2.57. The summed E-state index contributed by atoms with van der Waals surface area (Å²) in [7, 11) is 0. The molecule has 0 saturated carbocycles. The molecule has 0 radical (unpaired) electrons. The van der Waals surface area contributed by atoms with Gasteiger partial charge in [0.05, 0.1) is 11.6 Å². The molecule has 8 nitrogen and oxygen atoms in total. The number of carbonyl (C=O) groups excluding carboxylic acids is 2. The Morgan fingerprint density at radius 1 is 1.19 bits per heavy atom. The van der Waals surface area contributed by atoms with E-state index in [-0.39, 0.29) is 18.1 Å². The molecular weight excluding hydrogens is 398 g/mol. The molecule has 0 aliphatic carbocycles. The Morgan fingerprint density at radius 2 is 1.97 bits per heavy atom. The molecule has 3 heterocycles. The van der Waals surface area contributed by atoms with Crippen molar-refractivity contribution in [3.63, 3.8) is 0 Å². The van der Waals surface area contributed by atoms with Crippen molar-refractivity contribution in [2.75, 3.05) is 33.0 Å². The summed E-state index contributed by atoms with van der Waals surface area (Å²) in [5.41, 5.74) is 1.11. The summed E-state index contributed by atoms with van der Waals surface area (Å²) in [6.07, 6.45) is 3.25. The number of benzene rings is 1. The normalized spacial score (nSPS) is 19.5. The summed E-state index contributed by atoms with van der Waals surface area (Å²) in [5, 5.41) is 11.1. The molecule has 1 N–H and O–H groups in total. The van der Waals surface area contributed by atoms with Crippen molar-refractivity contribution < 1.29 is 24.2 Å². The van der Waals surface area contributed by atoms with Crippen LogP contribution >= 0.6 is 0 Å². The summed E-state index contributed by atoms with van der Waals surface area (Å²) in [6.45, 7) is 6.88. The van der Waals surface area contributed by atoms with E-state index in [1.165, 1.54) is 4.90 Å². The van der Waals surface area contributed by atoms with Crippen LogP contribution in [0, 0.1) is 0 Å². The van der Waals surface area contributed by atoms with Crippen LogP contribution in [0.3, 0.4) is 0 Å². The lowest BCUT2D eigenvalue weighted by atomic mass is 9.96. The SMILES string of the molecule is CCN(CC)CCN1C(=O)C(=O)/C(=C(/O)c2ccc3c(c2)OCO3)[C@@H]1c1cccnc1. The summed E-state index contributed by atoms with van der Waals surface area (Å²) >= 11 is 0. The Kier molecular flexibility index (Phi) is 5.90. The first-order chi connectivity index (χ1) is 15.0. The fourth-order valence-electron chi connectivity index (χ4n) is 3.98. The van der Waals surface area contributed by atoms with Gasteiger partial charge in [0, 0.05) is 31.0 Å². The van der Waals surface area contributed by atoms with Gasteiger partial charge in [0.2, 0.25) is 6.79 Å². The van der Waals surface area contributed by atoms with E-state index in [4.69, 9.17) is 9.47 Å². The first-order valence-electron chi connectivity index (χ1n) is 10.4. The molecule has 1 amide bonds. The molecule has 1 aromatic heterocycles. The van der Waals surface area contributed by atoms with Crippen molar-refractivity contribution in [2.24, 2.45) is 0 Å². The second-order valence-corrected chi connectivity index (χ2v) is 7.37. The van der Waals surface area contributed by atoms with Gasteiger partial charge >= 0.3 is 0 Å². The van der Waals surface area contributed by atoms with Gasteiger partial charge in [0.1, 0.15) is 5.76 Å². The maximum Gasteiger partial charge on any atom is 0.295 e. The molecule has 4 rings (SSSR count). The van der Waals surface area contributed by atoms with Crippen LogP contribution in [0.15, 0.2) is 48.3 Å². The highest BCUT2D eigenvalue weighted by Gasteiger charge is 2.46. The highest BCUT2D eigenvalue weighted by Crippen LogP contribution is 2.41. The number of amides is 1. The third-order valence-corrected chi connectivity index (χ3v) is 5.74. The molecule has 1 atom stereocenters. The minimum absolute atomic E-state index is 0.0522. The quantitative estimate of drug-likeness (QED) is 0.416. The van der Waals surface area contributed by atoms with Crippen molar-refractivity contribution in [2.45, 2.75) is 19.9 Å². The molecule has 2 aliphatic rings. The Balaban J connectivity index is 1.77. The Hall–Kier alpha value is -3.39. The Morgan fingerprint density at radius 3 is 2.68 bits per heavy atom. The summed E-state index contributed by atoms with van der Waals surface area (Å²) in [6, 6.07) is 7.77. The lowest BCUT2D eigenvalue weighted by molar-refractivity contribution is -0.140. The van der Waals surface area contributed by atoms with Gasteiger partial charge in [-0.3, -0.25) is 14.6 Å². The summed E-state index contributed by atoms with van der Waals surface area (Å²) in [5.74, 6) is -0.513. The highest BCUT2D eigenvalue weighted by atomic mass is 16.7. The number of ketones is 1. The summed E-state index contributed by atoms with van der Waals surface area (Å²) < 4.78 is 10.7. The Bertz CT molecular complexity index is 1020. The van der Waals surface area contributed by atoms with Gasteiger partial charge in [-0.15, -0.1) is 0 Å². The standard InChI is InChI=1S/C23H25N3O5/c1-3-25(4-2)10-11-26-20(16-6-5-9-24-13-16)19(22(28)23(26)29)21(27)15-7-8-17-18(12-15)31-14-30-17/h5-9,12-13,20,27H,3-4,10-11,14H2,1-2H3/b21-19+/t20-/m0/s1. The van der Waals surface area contributed by atoms with Crippen molar-refractivity contribution in [3.05, 3.63) is 59.4 Å². The van der Waals surface area contributed by atoms with E-state index < -0.39 is 17.7 Å². The van der Waals surface area contributed by atoms with Gasteiger partial charge in [-0.1, -0.05) is 19.9 Å². The number of aliphatic hydroxyl groups is 1. The number of nitrogens with zero attached hydrogens (tertiary/aromatic N) is 3. The minimum atomic E-state index is -0.713. The maximum absolute atomic E-state index is 13.0. The summed E-state index contributed by atoms with van der Waals surface area (Å²) in [4.78, 5) is 33.8. The van der Waals surface area contributed by atoms with Crippen LogP contribution in [0.5, 0.6) is 11.5 Å². The van der Waals surface area contributed by atoms with E-state index in [0.29, 0.717) is 35.7 Å². The van der Waals surface area contributed by atoms with Gasteiger partial charge < -0.3 is 24.4 Å². The number of carbonyl (C=O) groups is 2. The van der Waals surface area contributed by atoms with Crippen LogP contribution in [0.2, 0.25) is 0 Å². The van der Waals surface area contributed by atoms with Gasteiger partial charge in [0.15, 0.2) is 11.5 Å². The zero-order valence-electron chi connectivity index (χ0n) is 17.6. The van der Waals surface area contributed by atoms with Gasteiger partial charge in [-0.25, -0.2) is 0 Å². The lowest BCUT2D eigenvalue weighted by Gasteiger charge is -2.28. The smallest absolute Gasteiger partial charge is 0.295 e. The second kappa shape index (κ2) is 8.77. The van der Waals surface area contributed by atoms with E-state index in [1.54, 1.807) is 42.7 Å². The van der Waals surface area contributed by atoms with Crippen molar-refractivity contribution >= 4 is 17.4 Å². The monoisotopic (exact) mass is 423 g/mol. The predicted molar refractivity (Wildman–Crippen MR) is 114 cm³/mol. The number of likely N-dealkylation sites (tertiary alicyclic amines) is 1. The third kappa shape index (κ3) is 3.86. The maximum atomic E-state index is 13.0. The first kappa shape index (κ1) is 20.9. The minimum Gasteiger partial charge on any atom is -0.507 e.